The molecule has 0 atom stereocenters. The fraction of sp³-hybridized carbons (Fsp3) is 0.846. The normalized spacial score (nSPS) is 22.5. The van der Waals surface area contributed by atoms with Crippen LogP contribution in [0.1, 0.15) is 39.0 Å². The zero-order valence-electron chi connectivity index (χ0n) is 11.0. The van der Waals surface area contributed by atoms with Crippen molar-refractivity contribution >= 4 is 23.1 Å². The standard InChI is InChI=1S/C13H22N2O2S/c1-2-7-15(10-3-4-10)12(16)13(11(14)18)5-8-17-9-6-13/h10H,2-9H2,1H3,(H2,14,18). The van der Waals surface area contributed by atoms with Gasteiger partial charge < -0.3 is 15.4 Å². The highest BCUT2D eigenvalue weighted by molar-refractivity contribution is 7.80. The Balaban J connectivity index is 2.18. The van der Waals surface area contributed by atoms with Crippen molar-refractivity contribution in [3.05, 3.63) is 0 Å². The number of rotatable bonds is 5. The summed E-state index contributed by atoms with van der Waals surface area (Å²) in [5.41, 5.74) is 5.24. The molecule has 1 saturated carbocycles. The number of carbonyl (C=O) groups excluding carboxylic acids is 1. The molecule has 1 heterocycles. The minimum Gasteiger partial charge on any atom is -0.392 e. The van der Waals surface area contributed by atoms with Gasteiger partial charge in [-0.3, -0.25) is 4.79 Å². The summed E-state index contributed by atoms with van der Waals surface area (Å²) in [6, 6.07) is 0.423. The molecule has 1 aliphatic heterocycles. The van der Waals surface area contributed by atoms with Crippen LogP contribution in [-0.4, -0.2) is 41.6 Å². The number of ether oxygens (including phenoxy) is 1. The Bertz CT molecular complexity index is 336. The van der Waals surface area contributed by atoms with Crippen molar-refractivity contribution in [2.75, 3.05) is 19.8 Å². The zero-order valence-corrected chi connectivity index (χ0v) is 11.8. The van der Waals surface area contributed by atoms with Crippen molar-refractivity contribution in [3.63, 3.8) is 0 Å². The van der Waals surface area contributed by atoms with Gasteiger partial charge in [-0.25, -0.2) is 0 Å². The van der Waals surface area contributed by atoms with Crippen molar-refractivity contribution in [1.82, 2.24) is 4.90 Å². The number of amides is 1. The molecule has 0 aromatic heterocycles. The molecule has 2 aliphatic rings. The molecule has 1 saturated heterocycles. The Morgan fingerprint density at radius 2 is 2.06 bits per heavy atom. The first-order valence-corrected chi connectivity index (χ1v) is 7.21. The molecule has 0 aromatic rings. The van der Waals surface area contributed by atoms with E-state index in [1.54, 1.807) is 0 Å². The van der Waals surface area contributed by atoms with Crippen LogP contribution in [-0.2, 0) is 9.53 Å². The number of hydrogen-bond donors (Lipinski definition) is 1. The number of carbonyl (C=O) groups is 1. The lowest BCUT2D eigenvalue weighted by Gasteiger charge is -2.39. The number of nitrogens with two attached hydrogens (primary N) is 1. The number of nitrogens with zero attached hydrogens (tertiary/aromatic N) is 1. The van der Waals surface area contributed by atoms with Gasteiger partial charge in [-0.15, -0.1) is 0 Å². The lowest BCUT2D eigenvalue weighted by molar-refractivity contribution is -0.143. The van der Waals surface area contributed by atoms with Crippen LogP contribution in [0.5, 0.6) is 0 Å². The molecule has 2 N–H and O–H groups in total. The maximum atomic E-state index is 12.8. The van der Waals surface area contributed by atoms with Crippen LogP contribution in [0.2, 0.25) is 0 Å². The van der Waals surface area contributed by atoms with Gasteiger partial charge in [0.05, 0.1) is 4.99 Å². The van der Waals surface area contributed by atoms with Gasteiger partial charge in [-0.1, -0.05) is 19.1 Å². The second-order valence-corrected chi connectivity index (χ2v) is 5.73. The predicted octanol–water partition coefficient (Wildman–Crippen LogP) is 1.47. The van der Waals surface area contributed by atoms with Crippen molar-refractivity contribution < 1.29 is 9.53 Å². The molecule has 0 aromatic carbocycles. The van der Waals surface area contributed by atoms with Crippen molar-refractivity contribution in [3.8, 4) is 0 Å². The molecule has 0 spiro atoms. The van der Waals surface area contributed by atoms with E-state index in [2.05, 4.69) is 6.92 Å². The molecule has 0 radical (unpaired) electrons. The van der Waals surface area contributed by atoms with Gasteiger partial charge >= 0.3 is 0 Å². The Labute approximate surface area is 114 Å². The lowest BCUT2D eigenvalue weighted by atomic mass is 9.78. The first-order valence-electron chi connectivity index (χ1n) is 6.80. The summed E-state index contributed by atoms with van der Waals surface area (Å²) in [6.45, 7) is 4.07. The van der Waals surface area contributed by atoms with E-state index in [4.69, 9.17) is 22.7 Å². The molecule has 2 fully saturated rings. The Kier molecular flexibility index (Phi) is 4.22. The molecule has 0 bridgehead atoms. The van der Waals surface area contributed by atoms with Crippen LogP contribution in [0.25, 0.3) is 0 Å². The third-order valence-electron chi connectivity index (χ3n) is 3.94. The number of thiocarbonyl (C=S) groups is 1. The molecule has 102 valence electrons. The first-order chi connectivity index (χ1) is 8.62. The van der Waals surface area contributed by atoms with Gasteiger partial charge in [0.1, 0.15) is 5.41 Å². The van der Waals surface area contributed by atoms with E-state index in [-0.39, 0.29) is 5.91 Å². The van der Waals surface area contributed by atoms with Crippen molar-refractivity contribution in [2.24, 2.45) is 11.1 Å². The smallest absolute Gasteiger partial charge is 0.236 e. The lowest BCUT2D eigenvalue weighted by Crippen LogP contribution is -2.54. The molecular weight excluding hydrogens is 248 g/mol. The summed E-state index contributed by atoms with van der Waals surface area (Å²) < 4.78 is 5.35. The average molecular weight is 270 g/mol. The molecule has 5 heteroatoms. The van der Waals surface area contributed by atoms with Gasteiger partial charge in [-0.05, 0) is 32.1 Å². The van der Waals surface area contributed by atoms with Crippen molar-refractivity contribution in [2.45, 2.75) is 45.1 Å². The van der Waals surface area contributed by atoms with E-state index in [0.717, 1.165) is 25.8 Å². The van der Waals surface area contributed by atoms with E-state index in [9.17, 15) is 4.79 Å². The maximum Gasteiger partial charge on any atom is 0.236 e. The molecule has 4 nitrogen and oxygen atoms in total. The molecular formula is C13H22N2O2S. The minimum absolute atomic E-state index is 0.141. The van der Waals surface area contributed by atoms with E-state index in [1.807, 2.05) is 4.90 Å². The van der Waals surface area contributed by atoms with E-state index in [0.29, 0.717) is 37.1 Å². The molecule has 1 aliphatic carbocycles. The Morgan fingerprint density at radius 3 is 2.50 bits per heavy atom. The highest BCUT2D eigenvalue weighted by atomic mass is 32.1. The second kappa shape index (κ2) is 5.53. The summed E-state index contributed by atoms with van der Waals surface area (Å²) in [4.78, 5) is 15.2. The summed E-state index contributed by atoms with van der Waals surface area (Å²) in [5.74, 6) is 0.141. The summed E-state index contributed by atoms with van der Waals surface area (Å²) >= 11 is 5.19. The number of hydrogen-bond acceptors (Lipinski definition) is 3. The largest absolute Gasteiger partial charge is 0.392 e. The van der Waals surface area contributed by atoms with Gasteiger partial charge in [0.2, 0.25) is 5.91 Å². The predicted molar refractivity (Wildman–Crippen MR) is 74.3 cm³/mol. The SMILES string of the molecule is CCCN(C(=O)C1(C(N)=S)CCOCC1)C1CC1. The van der Waals surface area contributed by atoms with Crippen molar-refractivity contribution in [1.29, 1.82) is 0 Å². The fourth-order valence-corrected chi connectivity index (χ4v) is 2.93. The van der Waals surface area contributed by atoms with Crippen LogP contribution < -0.4 is 5.73 Å². The van der Waals surface area contributed by atoms with Crippen LogP contribution in [0.3, 0.4) is 0 Å². The fourth-order valence-electron chi connectivity index (χ4n) is 2.64. The minimum atomic E-state index is -0.647. The highest BCUT2D eigenvalue weighted by Crippen LogP contribution is 2.37. The molecule has 1 amide bonds. The quantitative estimate of drug-likeness (QED) is 0.769. The molecule has 2 rings (SSSR count). The van der Waals surface area contributed by atoms with Gasteiger partial charge in [-0.2, -0.15) is 0 Å². The second-order valence-electron chi connectivity index (χ2n) is 5.29. The van der Waals surface area contributed by atoms with Gasteiger partial charge in [0.25, 0.3) is 0 Å². The first kappa shape index (κ1) is 13.7. The van der Waals surface area contributed by atoms with Crippen LogP contribution in [0.4, 0.5) is 0 Å². The Morgan fingerprint density at radius 1 is 1.44 bits per heavy atom. The van der Waals surface area contributed by atoms with Crippen LogP contribution in [0.15, 0.2) is 0 Å². The zero-order chi connectivity index (χ0) is 13.2. The van der Waals surface area contributed by atoms with E-state index < -0.39 is 5.41 Å². The Hall–Kier alpha value is -0.680. The van der Waals surface area contributed by atoms with E-state index in [1.165, 1.54) is 0 Å². The van der Waals surface area contributed by atoms with Gasteiger partial charge in [0, 0.05) is 25.8 Å². The van der Waals surface area contributed by atoms with Crippen LogP contribution >= 0.6 is 12.2 Å². The summed E-state index contributed by atoms with van der Waals surface area (Å²) in [6.07, 6.45) is 4.49. The topological polar surface area (TPSA) is 55.6 Å². The highest BCUT2D eigenvalue weighted by Gasteiger charge is 2.47. The third-order valence-corrected chi connectivity index (χ3v) is 4.33. The third kappa shape index (κ3) is 2.52. The summed E-state index contributed by atoms with van der Waals surface area (Å²) in [5, 5.41) is 0. The van der Waals surface area contributed by atoms with Gasteiger partial charge in [0.15, 0.2) is 0 Å². The maximum absolute atomic E-state index is 12.8. The average Bonchev–Trinajstić information content (AvgIpc) is 3.20. The molecule has 0 unspecified atom stereocenters. The molecule has 18 heavy (non-hydrogen) atoms. The summed E-state index contributed by atoms with van der Waals surface area (Å²) in [7, 11) is 0. The van der Waals surface area contributed by atoms with Crippen LogP contribution in [0, 0.1) is 5.41 Å². The monoisotopic (exact) mass is 270 g/mol. The van der Waals surface area contributed by atoms with E-state index >= 15 is 0 Å².